The van der Waals surface area contributed by atoms with Crippen molar-refractivity contribution in [3.63, 3.8) is 0 Å². The Morgan fingerprint density at radius 1 is 1.03 bits per heavy atom. The molecule has 11 heteroatoms. The van der Waals surface area contributed by atoms with Crippen LogP contribution in [0.5, 0.6) is 17.2 Å². The van der Waals surface area contributed by atoms with E-state index in [4.69, 9.17) is 24.3 Å². The zero-order valence-electron chi connectivity index (χ0n) is 21.2. The van der Waals surface area contributed by atoms with Gasteiger partial charge in [-0.05, 0) is 48.9 Å². The third-order valence-corrected chi connectivity index (χ3v) is 6.64. The van der Waals surface area contributed by atoms with Crippen LogP contribution in [0.25, 0.3) is 11.4 Å². The number of amides is 1. The number of hydrogen-bond donors (Lipinski definition) is 2. The van der Waals surface area contributed by atoms with E-state index >= 15 is 0 Å². The summed E-state index contributed by atoms with van der Waals surface area (Å²) < 4.78 is 19.1. The Kier molecular flexibility index (Phi) is 7.01. The molecular formula is C27H25BrN6O4. The average Bonchev–Trinajstić information content (AvgIpc) is 3.36. The average molecular weight is 577 g/mol. The van der Waals surface area contributed by atoms with Gasteiger partial charge in [0.25, 0.3) is 5.91 Å². The maximum absolute atomic E-state index is 13.6. The molecule has 0 saturated heterocycles. The van der Waals surface area contributed by atoms with E-state index < -0.39 is 6.04 Å². The number of halogens is 1. The van der Waals surface area contributed by atoms with Crippen molar-refractivity contribution in [1.82, 2.24) is 19.7 Å². The van der Waals surface area contributed by atoms with Gasteiger partial charge in [-0.15, -0.1) is 5.10 Å². The summed E-state index contributed by atoms with van der Waals surface area (Å²) in [5, 5.41) is 11.0. The number of benzene rings is 2. The van der Waals surface area contributed by atoms with Crippen LogP contribution in [0.1, 0.15) is 18.5 Å². The lowest BCUT2D eigenvalue weighted by atomic mass is 9.95. The summed E-state index contributed by atoms with van der Waals surface area (Å²) in [6.07, 6.45) is 1.63. The van der Waals surface area contributed by atoms with Gasteiger partial charge in [0.1, 0.15) is 11.9 Å². The van der Waals surface area contributed by atoms with Gasteiger partial charge < -0.3 is 24.8 Å². The molecule has 0 bridgehead atoms. The lowest BCUT2D eigenvalue weighted by Gasteiger charge is -2.28. The van der Waals surface area contributed by atoms with E-state index in [2.05, 4.69) is 31.5 Å². The molecule has 10 nitrogen and oxygen atoms in total. The number of anilines is 2. The maximum atomic E-state index is 13.6. The molecule has 0 aliphatic carbocycles. The summed E-state index contributed by atoms with van der Waals surface area (Å²) in [5.41, 5.74) is 2.67. The lowest BCUT2D eigenvalue weighted by molar-refractivity contribution is -0.113. The van der Waals surface area contributed by atoms with E-state index in [0.29, 0.717) is 51.7 Å². The van der Waals surface area contributed by atoms with Gasteiger partial charge in [-0.25, -0.2) is 9.67 Å². The SMILES string of the molecule is COc1cc(-c2nc3n(n2)C(c2ccc(Br)cc2)C(C(=O)Nc2ccccn2)=C(C)N3)cc(OC)c1OC. The van der Waals surface area contributed by atoms with Crippen LogP contribution in [0.15, 0.2) is 76.5 Å². The number of aromatic nitrogens is 4. The second-order valence-corrected chi connectivity index (χ2v) is 9.32. The fourth-order valence-electron chi connectivity index (χ4n) is 4.35. The molecule has 3 heterocycles. The van der Waals surface area contributed by atoms with Crippen LogP contribution >= 0.6 is 15.9 Å². The lowest BCUT2D eigenvalue weighted by Crippen LogP contribution is -2.31. The Morgan fingerprint density at radius 2 is 1.74 bits per heavy atom. The van der Waals surface area contributed by atoms with Crippen LogP contribution in [-0.4, -0.2) is 47.0 Å². The minimum atomic E-state index is -0.550. The van der Waals surface area contributed by atoms with E-state index in [1.54, 1.807) is 56.5 Å². The molecule has 5 rings (SSSR count). The van der Waals surface area contributed by atoms with Gasteiger partial charge in [0, 0.05) is 21.9 Å². The predicted molar refractivity (Wildman–Crippen MR) is 147 cm³/mol. The fourth-order valence-corrected chi connectivity index (χ4v) is 4.62. The summed E-state index contributed by atoms with van der Waals surface area (Å²) in [6, 6.07) is 16.1. The highest BCUT2D eigenvalue weighted by atomic mass is 79.9. The van der Waals surface area contributed by atoms with Crippen molar-refractivity contribution < 1.29 is 19.0 Å². The first kappa shape index (κ1) is 25.3. The number of nitrogens with one attached hydrogen (secondary N) is 2. The Morgan fingerprint density at radius 3 is 2.34 bits per heavy atom. The summed E-state index contributed by atoms with van der Waals surface area (Å²) in [5.74, 6) is 2.52. The van der Waals surface area contributed by atoms with Gasteiger partial charge in [0.2, 0.25) is 11.7 Å². The molecule has 38 heavy (non-hydrogen) atoms. The zero-order chi connectivity index (χ0) is 26.8. The molecule has 1 amide bonds. The van der Waals surface area contributed by atoms with Crippen LogP contribution in [0.2, 0.25) is 0 Å². The zero-order valence-corrected chi connectivity index (χ0v) is 22.7. The van der Waals surface area contributed by atoms with Crippen LogP contribution < -0.4 is 24.8 Å². The number of pyridine rings is 1. The van der Waals surface area contributed by atoms with Crippen LogP contribution in [0.4, 0.5) is 11.8 Å². The van der Waals surface area contributed by atoms with Crippen LogP contribution in [-0.2, 0) is 4.79 Å². The van der Waals surface area contributed by atoms with Crippen molar-refractivity contribution in [2.24, 2.45) is 0 Å². The molecule has 2 aromatic heterocycles. The highest BCUT2D eigenvalue weighted by Crippen LogP contribution is 2.42. The Balaban J connectivity index is 1.62. The van der Waals surface area contributed by atoms with Gasteiger partial charge in [-0.2, -0.15) is 4.98 Å². The molecule has 0 radical (unpaired) electrons. The standard InChI is InChI=1S/C27H25BrN6O4/c1-15-22(26(35)31-21-7-5-6-12-29-21)23(16-8-10-18(28)11-9-16)34-27(30-15)32-25(33-34)17-13-19(36-2)24(38-4)20(14-17)37-3/h5-14,23H,1-4H3,(H,29,31,35)(H,30,32,33). The van der Waals surface area contributed by atoms with Gasteiger partial charge in [0.15, 0.2) is 17.3 Å². The Bertz CT molecular complexity index is 1490. The first-order valence-electron chi connectivity index (χ1n) is 11.7. The largest absolute Gasteiger partial charge is 0.493 e. The Hall–Kier alpha value is -4.38. The summed E-state index contributed by atoms with van der Waals surface area (Å²) in [7, 11) is 4.65. The third kappa shape index (κ3) is 4.68. The molecule has 1 unspecified atom stereocenters. The number of carbonyl (C=O) groups is 1. The van der Waals surface area contributed by atoms with E-state index in [0.717, 1.165) is 10.0 Å². The molecule has 0 saturated carbocycles. The molecule has 194 valence electrons. The van der Waals surface area contributed by atoms with Crippen molar-refractivity contribution in [2.75, 3.05) is 32.0 Å². The summed E-state index contributed by atoms with van der Waals surface area (Å²) in [6.45, 7) is 1.84. The number of ether oxygens (including phenoxy) is 3. The minimum absolute atomic E-state index is 0.294. The molecule has 0 fully saturated rings. The number of carbonyl (C=O) groups excluding carboxylic acids is 1. The topological polar surface area (TPSA) is 112 Å². The van der Waals surface area contributed by atoms with Crippen LogP contribution in [0, 0.1) is 0 Å². The van der Waals surface area contributed by atoms with E-state index in [1.807, 2.05) is 37.3 Å². The van der Waals surface area contributed by atoms with Crippen LogP contribution in [0.3, 0.4) is 0 Å². The number of hydrogen-bond acceptors (Lipinski definition) is 8. The maximum Gasteiger partial charge on any atom is 0.257 e. The number of fused-ring (bicyclic) bond motifs is 1. The van der Waals surface area contributed by atoms with Gasteiger partial charge in [-0.3, -0.25) is 4.79 Å². The number of rotatable bonds is 7. The van der Waals surface area contributed by atoms with E-state index in [1.165, 1.54) is 0 Å². The van der Waals surface area contributed by atoms with Crippen molar-refractivity contribution in [2.45, 2.75) is 13.0 Å². The second kappa shape index (κ2) is 10.5. The number of methoxy groups -OCH3 is 3. The van der Waals surface area contributed by atoms with Crippen molar-refractivity contribution in [3.8, 4) is 28.6 Å². The first-order chi connectivity index (χ1) is 18.4. The smallest absolute Gasteiger partial charge is 0.257 e. The molecule has 1 atom stereocenters. The molecule has 2 N–H and O–H groups in total. The normalized spacial score (nSPS) is 14.4. The van der Waals surface area contributed by atoms with E-state index in [9.17, 15) is 4.79 Å². The van der Waals surface area contributed by atoms with Crippen molar-refractivity contribution in [3.05, 3.63) is 82.1 Å². The molecule has 4 aromatic rings. The molecule has 1 aliphatic heterocycles. The monoisotopic (exact) mass is 576 g/mol. The third-order valence-electron chi connectivity index (χ3n) is 6.11. The summed E-state index contributed by atoms with van der Waals surface area (Å²) >= 11 is 3.49. The van der Waals surface area contributed by atoms with Gasteiger partial charge >= 0.3 is 0 Å². The molecule has 0 spiro atoms. The fraction of sp³-hybridized carbons (Fsp3) is 0.185. The number of nitrogens with zero attached hydrogens (tertiary/aromatic N) is 4. The highest BCUT2D eigenvalue weighted by Gasteiger charge is 2.35. The molecule has 1 aliphatic rings. The first-order valence-corrected chi connectivity index (χ1v) is 12.4. The van der Waals surface area contributed by atoms with Crippen molar-refractivity contribution in [1.29, 1.82) is 0 Å². The van der Waals surface area contributed by atoms with Gasteiger partial charge in [0.05, 0.1) is 26.9 Å². The summed E-state index contributed by atoms with van der Waals surface area (Å²) in [4.78, 5) is 22.6. The number of allylic oxidation sites excluding steroid dienone is 1. The second-order valence-electron chi connectivity index (χ2n) is 8.40. The quantitative estimate of drug-likeness (QED) is 0.314. The molecule has 2 aromatic carbocycles. The minimum Gasteiger partial charge on any atom is -0.493 e. The van der Waals surface area contributed by atoms with E-state index in [-0.39, 0.29) is 5.91 Å². The van der Waals surface area contributed by atoms with Crippen molar-refractivity contribution >= 4 is 33.6 Å². The predicted octanol–water partition coefficient (Wildman–Crippen LogP) is 5.06. The van der Waals surface area contributed by atoms with Gasteiger partial charge in [-0.1, -0.05) is 34.1 Å². The Labute approximate surface area is 227 Å². The molecular weight excluding hydrogens is 552 g/mol. The highest BCUT2D eigenvalue weighted by molar-refractivity contribution is 9.10.